The number of aromatic nitrogens is 4. The molecule has 214 valence electrons. The van der Waals surface area contributed by atoms with E-state index in [0.717, 1.165) is 16.4 Å². The van der Waals surface area contributed by atoms with Gasteiger partial charge in [-0.2, -0.15) is 5.09 Å². The zero-order valence-electron chi connectivity index (χ0n) is 23.2. The number of nitrogens with one attached hydrogen (secondary N) is 1. The summed E-state index contributed by atoms with van der Waals surface area (Å²) >= 11 is 0. The number of rotatable bonds is 13. The van der Waals surface area contributed by atoms with Gasteiger partial charge in [-0.15, -0.1) is 0 Å². The second kappa shape index (κ2) is 12.7. The molecule has 3 N–H and O–H groups in total. The summed E-state index contributed by atoms with van der Waals surface area (Å²) in [5, 5.41) is 3.57. The van der Waals surface area contributed by atoms with Gasteiger partial charge in [0.05, 0.1) is 36.0 Å². The number of fused-ring (bicyclic) bond motifs is 3. The monoisotopic (exact) mass is 570 g/mol. The summed E-state index contributed by atoms with van der Waals surface area (Å²) in [5.74, 6) is 0.533. The van der Waals surface area contributed by atoms with Crippen LogP contribution >= 0.6 is 7.75 Å². The first-order chi connectivity index (χ1) is 19.1. The summed E-state index contributed by atoms with van der Waals surface area (Å²) < 4.78 is 38.7. The van der Waals surface area contributed by atoms with Crippen LogP contribution in [0.2, 0.25) is 0 Å². The molecule has 0 aliphatic heterocycles. The van der Waals surface area contributed by atoms with Crippen LogP contribution in [-0.2, 0) is 36.5 Å². The van der Waals surface area contributed by atoms with E-state index in [1.54, 1.807) is 39.1 Å². The van der Waals surface area contributed by atoms with Crippen molar-refractivity contribution in [3.8, 4) is 5.75 Å². The molecule has 12 nitrogen and oxygen atoms in total. The summed E-state index contributed by atoms with van der Waals surface area (Å²) in [7, 11) is -4.12. The number of nitrogens with zero attached hydrogens (tertiary/aromatic N) is 4. The number of esters is 1. The first-order valence-electron chi connectivity index (χ1n) is 13.1. The van der Waals surface area contributed by atoms with Crippen molar-refractivity contribution < 1.29 is 27.9 Å². The molecule has 0 radical (unpaired) electrons. The van der Waals surface area contributed by atoms with Crippen molar-refractivity contribution in [2.45, 2.75) is 66.0 Å². The fourth-order valence-electron chi connectivity index (χ4n) is 4.17. The molecule has 0 spiro atoms. The lowest BCUT2D eigenvalue weighted by Gasteiger charge is -2.26. The highest BCUT2D eigenvalue weighted by Crippen LogP contribution is 2.46. The molecule has 0 fully saturated rings. The van der Waals surface area contributed by atoms with Crippen LogP contribution in [0, 0.1) is 0 Å². The third kappa shape index (κ3) is 6.95. The number of carbonyl (C=O) groups excluding carboxylic acids is 1. The molecular weight excluding hydrogens is 535 g/mol. The smallest absolute Gasteiger partial charge is 0.459 e. The number of pyridine rings is 2. The van der Waals surface area contributed by atoms with E-state index in [-0.39, 0.29) is 25.0 Å². The number of carbonyl (C=O) groups is 1. The summed E-state index contributed by atoms with van der Waals surface area (Å²) in [6, 6.07) is 9.88. The molecule has 0 amide bonds. The lowest BCUT2D eigenvalue weighted by atomic mass is 10.2. The Labute approximate surface area is 232 Å². The fourth-order valence-corrected chi connectivity index (χ4v) is 5.84. The van der Waals surface area contributed by atoms with Crippen molar-refractivity contribution in [3.63, 3.8) is 0 Å². The Balaban J connectivity index is 1.68. The van der Waals surface area contributed by atoms with Gasteiger partial charge in [0, 0.05) is 18.2 Å². The number of ether oxygens (including phenoxy) is 2. The molecule has 0 saturated carbocycles. The number of nitrogens with two attached hydrogens (primary N) is 1. The molecule has 3 heterocycles. The molecule has 0 aliphatic rings. The van der Waals surface area contributed by atoms with Gasteiger partial charge in [-0.25, -0.2) is 14.5 Å². The highest BCUT2D eigenvalue weighted by atomic mass is 31.2. The normalized spacial score (nSPS) is 14.8. The minimum atomic E-state index is -4.12. The first kappa shape index (κ1) is 29.4. The number of anilines is 1. The first-order valence-corrected chi connectivity index (χ1v) is 14.6. The number of nitrogen functional groups attached to an aromatic ring is 1. The Morgan fingerprint density at radius 1 is 1.12 bits per heavy atom. The van der Waals surface area contributed by atoms with E-state index < -0.39 is 25.9 Å². The van der Waals surface area contributed by atoms with E-state index in [4.69, 9.17) is 29.2 Å². The molecule has 13 heteroatoms. The Kier molecular flexibility index (Phi) is 9.36. The van der Waals surface area contributed by atoms with Crippen molar-refractivity contribution in [1.82, 2.24) is 24.6 Å². The van der Waals surface area contributed by atoms with E-state index in [9.17, 15) is 9.36 Å². The largest absolute Gasteiger partial charge is 0.462 e. The van der Waals surface area contributed by atoms with Crippen molar-refractivity contribution in [1.29, 1.82) is 0 Å². The number of benzene rings is 1. The zero-order chi connectivity index (χ0) is 28.9. The topological polar surface area (TPSA) is 153 Å². The molecule has 0 aliphatic carbocycles. The molecule has 1 aromatic carbocycles. The molecule has 0 saturated heterocycles. The molecule has 1 unspecified atom stereocenters. The summed E-state index contributed by atoms with van der Waals surface area (Å²) in [6.45, 7) is 9.58. The maximum Gasteiger partial charge on any atom is 0.459 e. The van der Waals surface area contributed by atoms with Crippen LogP contribution in [-0.4, -0.2) is 50.3 Å². The lowest BCUT2D eigenvalue weighted by molar-refractivity contribution is -0.149. The predicted molar refractivity (Wildman–Crippen MR) is 152 cm³/mol. The van der Waals surface area contributed by atoms with Crippen LogP contribution in [0.15, 0.2) is 48.8 Å². The van der Waals surface area contributed by atoms with Crippen molar-refractivity contribution >= 4 is 41.5 Å². The average Bonchev–Trinajstić information content (AvgIpc) is 3.26. The molecule has 4 rings (SSSR count). The van der Waals surface area contributed by atoms with Crippen LogP contribution in [0.4, 0.5) is 5.82 Å². The summed E-state index contributed by atoms with van der Waals surface area (Å²) in [5.41, 5.74) is 8.31. The van der Waals surface area contributed by atoms with Gasteiger partial charge in [0.2, 0.25) is 0 Å². The Morgan fingerprint density at radius 2 is 1.90 bits per heavy atom. The molecule has 40 heavy (non-hydrogen) atoms. The van der Waals surface area contributed by atoms with Gasteiger partial charge < -0.3 is 24.3 Å². The van der Waals surface area contributed by atoms with Crippen LogP contribution in [0.25, 0.3) is 21.9 Å². The van der Waals surface area contributed by atoms with E-state index in [2.05, 4.69) is 15.1 Å². The second-order valence-electron chi connectivity index (χ2n) is 9.52. The van der Waals surface area contributed by atoms with Gasteiger partial charge in [-0.05, 0) is 52.8 Å². The van der Waals surface area contributed by atoms with E-state index in [1.807, 2.05) is 35.8 Å². The number of imidazole rings is 1. The third-order valence-electron chi connectivity index (χ3n) is 5.80. The second-order valence-corrected chi connectivity index (χ2v) is 11.2. The quantitative estimate of drug-likeness (QED) is 0.171. The number of para-hydroxylation sites is 1. The Bertz CT molecular complexity index is 1510. The summed E-state index contributed by atoms with van der Waals surface area (Å²) in [4.78, 5) is 25.7. The van der Waals surface area contributed by atoms with Crippen molar-refractivity contribution in [2.75, 3.05) is 12.3 Å². The third-order valence-corrected chi connectivity index (χ3v) is 7.59. The van der Waals surface area contributed by atoms with Gasteiger partial charge >= 0.3 is 13.7 Å². The molecule has 4 aromatic rings. The molecular formula is C27H35N6O6P. The van der Waals surface area contributed by atoms with Crippen molar-refractivity contribution in [3.05, 3.63) is 54.6 Å². The van der Waals surface area contributed by atoms with Crippen LogP contribution in [0.3, 0.4) is 0 Å². The number of hydrogen-bond donors (Lipinski definition) is 2. The van der Waals surface area contributed by atoms with Crippen LogP contribution in [0.1, 0.15) is 40.4 Å². The van der Waals surface area contributed by atoms with Gasteiger partial charge in [-0.1, -0.05) is 18.2 Å². The Hall–Kier alpha value is -3.57. The molecule has 0 bridgehead atoms. The average molecular weight is 571 g/mol. The van der Waals surface area contributed by atoms with Gasteiger partial charge in [0.1, 0.15) is 29.7 Å². The number of hydrogen-bond acceptors (Lipinski definition) is 10. The van der Waals surface area contributed by atoms with Gasteiger partial charge in [-0.3, -0.25) is 14.3 Å². The van der Waals surface area contributed by atoms with Crippen molar-refractivity contribution in [2.24, 2.45) is 0 Å². The van der Waals surface area contributed by atoms with E-state index >= 15 is 0 Å². The highest BCUT2D eigenvalue weighted by Gasteiger charge is 2.35. The zero-order valence-corrected chi connectivity index (χ0v) is 24.1. The maximum absolute atomic E-state index is 14.0. The van der Waals surface area contributed by atoms with Gasteiger partial charge in [0.25, 0.3) is 0 Å². The standard InChI is InChI=1S/C27H35N6O6P/c1-6-36-16-23-31-24-25(21-11-7-8-12-22(21)30-26(24)28)33(23)15-18(4)38-40(35,39-20-10-9-13-29-14-20)32-19(5)27(34)37-17(2)3/h7-14,17-19H,6,15-16H2,1-5H3,(H2,28,30)(H,32,35)/t18-,19+,40?/m1/s1. The van der Waals surface area contributed by atoms with Crippen LogP contribution < -0.4 is 15.3 Å². The molecule has 3 aromatic heterocycles. The van der Waals surface area contributed by atoms with E-state index in [0.29, 0.717) is 23.8 Å². The minimum Gasteiger partial charge on any atom is -0.462 e. The fraction of sp³-hybridized carbons (Fsp3) is 0.407. The minimum absolute atomic E-state index is 0.213. The van der Waals surface area contributed by atoms with E-state index in [1.165, 1.54) is 13.1 Å². The lowest BCUT2D eigenvalue weighted by Crippen LogP contribution is -2.37. The molecule has 3 atom stereocenters. The predicted octanol–water partition coefficient (Wildman–Crippen LogP) is 4.62. The van der Waals surface area contributed by atoms with Gasteiger partial charge in [0.15, 0.2) is 5.82 Å². The van der Waals surface area contributed by atoms with Crippen LogP contribution in [0.5, 0.6) is 5.75 Å². The maximum atomic E-state index is 14.0. The SMILES string of the molecule is CCOCc1nc2c(N)nc3ccccc3c2n1C[C@@H](C)OP(=O)(N[C@@H](C)C(=O)OC(C)C)Oc1cccnc1. The Morgan fingerprint density at radius 3 is 2.60 bits per heavy atom. The summed E-state index contributed by atoms with van der Waals surface area (Å²) in [6.07, 6.45) is 1.94. The highest BCUT2D eigenvalue weighted by molar-refractivity contribution is 7.52.